The van der Waals surface area contributed by atoms with Gasteiger partial charge in [-0.05, 0) is 38.1 Å². The number of halogens is 1. The number of ether oxygens (including phenoxy) is 1. The average molecular weight is 467 g/mol. The first-order valence-electron chi connectivity index (χ1n) is 11.0. The van der Waals surface area contributed by atoms with Crippen LogP contribution < -0.4 is 10.2 Å². The van der Waals surface area contributed by atoms with E-state index in [1.807, 2.05) is 24.5 Å². The third-order valence-corrected chi connectivity index (χ3v) is 6.89. The van der Waals surface area contributed by atoms with Crippen molar-refractivity contribution in [2.24, 2.45) is 0 Å². The molecule has 0 bridgehead atoms. The molecule has 1 aliphatic rings. The number of nitrogens with zero attached hydrogens (tertiary/aromatic N) is 4. The molecule has 0 unspecified atom stereocenters. The zero-order valence-corrected chi connectivity index (χ0v) is 19.2. The Hall–Kier alpha value is -3.33. The molecule has 0 atom stereocenters. The third-order valence-electron chi connectivity index (χ3n) is 5.98. The van der Waals surface area contributed by atoms with Gasteiger partial charge in [0.05, 0.1) is 10.1 Å². The van der Waals surface area contributed by atoms with Crippen molar-refractivity contribution in [3.05, 3.63) is 63.8 Å². The summed E-state index contributed by atoms with van der Waals surface area (Å²) in [5.41, 5.74) is 1.61. The first-order valence-corrected chi connectivity index (χ1v) is 11.8. The van der Waals surface area contributed by atoms with Crippen LogP contribution in [0, 0.1) is 12.7 Å². The van der Waals surface area contributed by atoms with Gasteiger partial charge in [-0.1, -0.05) is 17.4 Å². The number of aromatic nitrogens is 3. The molecule has 0 aliphatic carbocycles. The minimum absolute atomic E-state index is 0.117. The highest BCUT2D eigenvalue weighted by Crippen LogP contribution is 2.31. The maximum absolute atomic E-state index is 13.9. The smallest absolute Gasteiger partial charge is 0.274 e. The van der Waals surface area contributed by atoms with E-state index in [2.05, 4.69) is 9.97 Å². The van der Waals surface area contributed by atoms with E-state index in [1.54, 1.807) is 29.3 Å². The molecule has 33 heavy (non-hydrogen) atoms. The van der Waals surface area contributed by atoms with Gasteiger partial charge in [-0.25, -0.2) is 9.37 Å². The largest absolute Gasteiger partial charge is 0.467 e. The van der Waals surface area contributed by atoms with E-state index in [1.165, 1.54) is 17.4 Å². The number of hydrogen-bond acceptors (Lipinski definition) is 6. The maximum Gasteiger partial charge on any atom is 0.274 e. The molecular weight excluding hydrogens is 443 g/mol. The molecule has 1 fully saturated rings. The molecule has 0 spiro atoms. The Bertz CT molecular complexity index is 1420. The zero-order chi connectivity index (χ0) is 23.1. The van der Waals surface area contributed by atoms with Crippen LogP contribution in [-0.4, -0.2) is 44.5 Å². The first kappa shape index (κ1) is 21.5. The fraction of sp³-hybridized carbons (Fsp3) is 0.333. The fourth-order valence-corrected chi connectivity index (χ4v) is 5.08. The normalized spacial score (nSPS) is 14.8. The number of amides is 1. The summed E-state index contributed by atoms with van der Waals surface area (Å²) >= 11 is 1.31. The van der Waals surface area contributed by atoms with Gasteiger partial charge in [-0.15, -0.1) is 0 Å². The third kappa shape index (κ3) is 3.97. The summed E-state index contributed by atoms with van der Waals surface area (Å²) in [6.45, 7) is 5.38. The Morgan fingerprint density at radius 2 is 2.00 bits per heavy atom. The molecule has 9 heteroatoms. The highest BCUT2D eigenvalue weighted by atomic mass is 32.1. The van der Waals surface area contributed by atoms with E-state index < -0.39 is 0 Å². The molecule has 4 heterocycles. The Balaban J connectivity index is 1.32. The predicted molar refractivity (Wildman–Crippen MR) is 126 cm³/mol. The van der Waals surface area contributed by atoms with E-state index in [9.17, 15) is 14.0 Å². The van der Waals surface area contributed by atoms with Gasteiger partial charge in [0, 0.05) is 44.4 Å². The van der Waals surface area contributed by atoms with Gasteiger partial charge in [-0.2, -0.15) is 4.98 Å². The van der Waals surface area contributed by atoms with Crippen molar-refractivity contribution < 1.29 is 13.9 Å². The molecule has 170 valence electrons. The molecule has 1 aromatic carbocycles. The number of piperidine rings is 1. The van der Waals surface area contributed by atoms with Crippen LogP contribution in [0.3, 0.4) is 0 Å². The van der Waals surface area contributed by atoms with Crippen LogP contribution in [-0.2, 0) is 6.54 Å². The molecule has 5 rings (SSSR count). The van der Waals surface area contributed by atoms with Crippen LogP contribution in [0.25, 0.3) is 21.3 Å². The predicted octanol–water partition coefficient (Wildman–Crippen LogP) is 4.16. The highest BCUT2D eigenvalue weighted by molar-refractivity contribution is 7.20. The van der Waals surface area contributed by atoms with Gasteiger partial charge >= 0.3 is 0 Å². The van der Waals surface area contributed by atoms with E-state index in [0.717, 1.165) is 10.4 Å². The number of carbonyl (C=O) groups is 1. The van der Waals surface area contributed by atoms with Crippen LogP contribution in [0.15, 0.2) is 41.3 Å². The molecule has 4 aromatic rings. The number of benzene rings is 1. The van der Waals surface area contributed by atoms with Gasteiger partial charge < -0.3 is 14.2 Å². The first-order chi connectivity index (χ1) is 15.9. The number of thiazole rings is 1. The van der Waals surface area contributed by atoms with E-state index >= 15 is 0 Å². The second-order valence-corrected chi connectivity index (χ2v) is 9.15. The van der Waals surface area contributed by atoms with Crippen molar-refractivity contribution in [3.63, 3.8) is 0 Å². The lowest BCUT2D eigenvalue weighted by atomic mass is 10.1. The molecule has 0 radical (unpaired) electrons. The summed E-state index contributed by atoms with van der Waals surface area (Å²) in [5.74, 6) is -0.636. The Kier molecular flexibility index (Phi) is 5.57. The summed E-state index contributed by atoms with van der Waals surface area (Å²) in [6.07, 6.45) is 2.73. The van der Waals surface area contributed by atoms with Gasteiger partial charge in [0.2, 0.25) is 5.43 Å². The number of pyridine rings is 2. The van der Waals surface area contributed by atoms with Crippen molar-refractivity contribution in [2.45, 2.75) is 39.3 Å². The summed E-state index contributed by atoms with van der Waals surface area (Å²) < 4.78 is 22.5. The topological polar surface area (TPSA) is 77.3 Å². The lowest BCUT2D eigenvalue weighted by Gasteiger charge is -2.31. The van der Waals surface area contributed by atoms with Crippen molar-refractivity contribution in [1.82, 2.24) is 19.4 Å². The molecule has 1 amide bonds. The van der Waals surface area contributed by atoms with Crippen molar-refractivity contribution in [2.75, 3.05) is 13.1 Å². The summed E-state index contributed by atoms with van der Waals surface area (Å²) in [7, 11) is 0. The van der Waals surface area contributed by atoms with Crippen molar-refractivity contribution in [1.29, 1.82) is 0 Å². The summed E-state index contributed by atoms with van der Waals surface area (Å²) in [6, 6.07) is 8.37. The van der Waals surface area contributed by atoms with Gasteiger partial charge in [0.1, 0.15) is 28.6 Å². The lowest BCUT2D eigenvalue weighted by molar-refractivity contribution is 0.0593. The van der Waals surface area contributed by atoms with E-state index in [-0.39, 0.29) is 28.8 Å². The monoisotopic (exact) mass is 466 g/mol. The summed E-state index contributed by atoms with van der Waals surface area (Å²) in [4.78, 5) is 36.7. The molecule has 0 N–H and O–H groups in total. The second-order valence-electron chi connectivity index (χ2n) is 8.16. The molecule has 1 saturated heterocycles. The highest BCUT2D eigenvalue weighted by Gasteiger charge is 2.28. The number of fused-ring (bicyclic) bond motifs is 2. The quantitative estimate of drug-likeness (QED) is 0.451. The van der Waals surface area contributed by atoms with Gasteiger partial charge in [-0.3, -0.25) is 9.59 Å². The molecule has 3 aromatic heterocycles. The number of likely N-dealkylation sites (tertiary alicyclic amines) is 1. The molecule has 0 saturated carbocycles. The van der Waals surface area contributed by atoms with E-state index in [4.69, 9.17) is 4.74 Å². The maximum atomic E-state index is 13.9. The number of aryl methyl sites for hydroxylation is 2. The SMILES string of the molecule is CCn1cc(C(=O)N2CCC(Oc3nc4c(F)cccc4s3)CC2)c(=O)c2ccc(C)nc21. The molecule has 1 aliphatic heterocycles. The average Bonchev–Trinajstić information content (AvgIpc) is 3.23. The number of carbonyl (C=O) groups excluding carboxylic acids is 1. The fourth-order valence-electron chi connectivity index (χ4n) is 4.19. The minimum Gasteiger partial charge on any atom is -0.467 e. The van der Waals surface area contributed by atoms with Gasteiger partial charge in [0.15, 0.2) is 0 Å². The minimum atomic E-state index is -0.363. The number of rotatable bonds is 4. The number of hydrogen-bond donors (Lipinski definition) is 0. The lowest BCUT2D eigenvalue weighted by Crippen LogP contribution is -2.43. The van der Waals surface area contributed by atoms with Crippen LogP contribution in [0.4, 0.5) is 4.39 Å². The standard InChI is InChI=1S/C24H23FN4O3S/c1-3-28-13-17(21(30)16-8-7-14(2)26-22(16)28)23(31)29-11-9-15(10-12-29)32-24-27-20-18(25)5-4-6-19(20)33-24/h4-8,13,15H,3,9-12H2,1-2H3. The summed E-state index contributed by atoms with van der Waals surface area (Å²) in [5, 5.41) is 0.887. The van der Waals surface area contributed by atoms with Crippen LogP contribution in [0.1, 0.15) is 35.8 Å². The second kappa shape index (κ2) is 8.55. The molecular formula is C24H23FN4O3S. The van der Waals surface area contributed by atoms with E-state index in [0.29, 0.717) is 54.2 Å². The van der Waals surface area contributed by atoms with Crippen molar-refractivity contribution in [3.8, 4) is 5.19 Å². The van der Waals surface area contributed by atoms with Gasteiger partial charge in [0.25, 0.3) is 11.1 Å². The van der Waals surface area contributed by atoms with Crippen LogP contribution in [0.2, 0.25) is 0 Å². The van der Waals surface area contributed by atoms with Crippen molar-refractivity contribution >= 4 is 38.5 Å². The number of para-hydroxylation sites is 1. The molecule has 7 nitrogen and oxygen atoms in total. The Morgan fingerprint density at radius 1 is 1.21 bits per heavy atom. The Morgan fingerprint density at radius 3 is 2.73 bits per heavy atom. The van der Waals surface area contributed by atoms with Crippen LogP contribution >= 0.6 is 11.3 Å². The zero-order valence-electron chi connectivity index (χ0n) is 18.4. The van der Waals surface area contributed by atoms with Crippen LogP contribution in [0.5, 0.6) is 5.19 Å². The Labute approximate surface area is 193 Å².